The summed E-state index contributed by atoms with van der Waals surface area (Å²) in [5, 5.41) is 0.421. The van der Waals surface area contributed by atoms with Crippen molar-refractivity contribution in [2.75, 3.05) is 0 Å². The quantitative estimate of drug-likeness (QED) is 0.827. The van der Waals surface area contributed by atoms with Gasteiger partial charge in [0, 0.05) is 11.9 Å². The summed E-state index contributed by atoms with van der Waals surface area (Å²) in [7, 11) is -3.80. The van der Waals surface area contributed by atoms with E-state index in [9.17, 15) is 13.2 Å². The van der Waals surface area contributed by atoms with Crippen molar-refractivity contribution in [2.24, 2.45) is 0 Å². The summed E-state index contributed by atoms with van der Waals surface area (Å²) in [6.45, 7) is 2.91. The lowest BCUT2D eigenvalue weighted by Crippen LogP contribution is -2.28. The first kappa shape index (κ1) is 11.0. The Kier molecular flexibility index (Phi) is 3.13. The van der Waals surface area contributed by atoms with Crippen LogP contribution in [0.15, 0.2) is 29.2 Å². The highest BCUT2D eigenvalue weighted by Gasteiger charge is 2.14. The molecule has 4 nitrogen and oxygen atoms in total. The van der Waals surface area contributed by atoms with E-state index in [1.54, 1.807) is 4.72 Å². The minimum atomic E-state index is -3.80. The number of sulfonamides is 1. The zero-order valence-corrected chi connectivity index (χ0v) is 8.60. The van der Waals surface area contributed by atoms with Crippen LogP contribution in [0.4, 0.5) is 0 Å². The lowest BCUT2D eigenvalue weighted by molar-refractivity contribution is -0.115. The maximum absolute atomic E-state index is 11.3. The van der Waals surface area contributed by atoms with Crippen molar-refractivity contribution in [2.45, 2.75) is 4.90 Å². The topological polar surface area (TPSA) is 63.2 Å². The first-order valence-electron chi connectivity index (χ1n) is 3.56. The first-order valence-corrected chi connectivity index (χ1v) is 5.42. The Morgan fingerprint density at radius 1 is 1.29 bits per heavy atom. The van der Waals surface area contributed by atoms with E-state index < -0.39 is 15.9 Å². The average Bonchev–Trinajstić information content (AvgIpc) is 2.02. The molecule has 1 aromatic rings. The number of halogens is 1. The molecule has 0 bridgehead atoms. The maximum atomic E-state index is 11.3. The summed E-state index contributed by atoms with van der Waals surface area (Å²) in [5.41, 5.74) is 0. The molecule has 1 aromatic carbocycles. The van der Waals surface area contributed by atoms with Gasteiger partial charge in [0.25, 0.3) is 10.0 Å². The maximum Gasteiger partial charge on any atom is 0.264 e. The number of rotatable bonds is 2. The van der Waals surface area contributed by atoms with Crippen molar-refractivity contribution >= 4 is 27.5 Å². The Bertz CT molecular complexity index is 438. The van der Waals surface area contributed by atoms with Gasteiger partial charge in [0.05, 0.1) is 4.90 Å². The summed E-state index contributed by atoms with van der Waals surface area (Å²) in [6, 6.07) is 5.44. The highest BCUT2D eigenvalue weighted by atomic mass is 35.5. The number of hydrogen-bond donors (Lipinski definition) is 1. The molecule has 1 N–H and O–H groups in total. The van der Waals surface area contributed by atoms with Crippen LogP contribution < -0.4 is 4.72 Å². The molecule has 75 valence electrons. The van der Waals surface area contributed by atoms with Gasteiger partial charge in [0.1, 0.15) is 0 Å². The van der Waals surface area contributed by atoms with Crippen LogP contribution in [0, 0.1) is 6.92 Å². The highest BCUT2D eigenvalue weighted by Crippen LogP contribution is 2.13. The minimum absolute atomic E-state index is 0.0288. The highest BCUT2D eigenvalue weighted by molar-refractivity contribution is 7.90. The zero-order valence-electron chi connectivity index (χ0n) is 7.03. The molecular formula is C8H7ClNO3S. The fourth-order valence-electron chi connectivity index (χ4n) is 0.823. The Morgan fingerprint density at radius 2 is 1.79 bits per heavy atom. The summed E-state index contributed by atoms with van der Waals surface area (Å²) in [5.74, 6) is -0.875. The molecule has 6 heteroatoms. The minimum Gasteiger partial charge on any atom is -0.274 e. The monoisotopic (exact) mass is 232 g/mol. The third-order valence-corrected chi connectivity index (χ3v) is 3.01. The molecule has 0 spiro atoms. The number of benzene rings is 1. The molecule has 1 amide bonds. The fraction of sp³-hybridized carbons (Fsp3) is 0. The summed E-state index contributed by atoms with van der Waals surface area (Å²) >= 11 is 5.57. The zero-order chi connectivity index (χ0) is 10.8. The smallest absolute Gasteiger partial charge is 0.264 e. The summed E-state index contributed by atoms with van der Waals surface area (Å²) in [4.78, 5) is 10.4. The summed E-state index contributed by atoms with van der Waals surface area (Å²) < 4.78 is 24.4. The van der Waals surface area contributed by atoms with Gasteiger partial charge in [0.15, 0.2) is 0 Å². The second kappa shape index (κ2) is 3.98. The Morgan fingerprint density at radius 3 is 2.21 bits per heavy atom. The molecule has 0 unspecified atom stereocenters. The molecule has 0 atom stereocenters. The summed E-state index contributed by atoms with van der Waals surface area (Å²) in [6.07, 6.45) is 0. The van der Waals surface area contributed by atoms with Gasteiger partial charge in [-0.1, -0.05) is 11.6 Å². The van der Waals surface area contributed by atoms with Crippen LogP contribution in [0.25, 0.3) is 0 Å². The van der Waals surface area contributed by atoms with E-state index >= 15 is 0 Å². The van der Waals surface area contributed by atoms with Crippen LogP contribution in [0.1, 0.15) is 0 Å². The molecule has 0 aromatic heterocycles. The predicted octanol–water partition coefficient (Wildman–Crippen LogP) is 0.979. The van der Waals surface area contributed by atoms with Crippen LogP contribution >= 0.6 is 11.6 Å². The molecule has 1 rings (SSSR count). The second-order valence-electron chi connectivity index (χ2n) is 2.48. The fourth-order valence-corrected chi connectivity index (χ4v) is 1.86. The van der Waals surface area contributed by atoms with Gasteiger partial charge in [-0.2, -0.15) is 0 Å². The van der Waals surface area contributed by atoms with E-state index in [-0.39, 0.29) is 4.90 Å². The molecule has 0 aliphatic rings. The molecule has 0 saturated heterocycles. The molecule has 0 saturated carbocycles. The standard InChI is InChI=1S/C8H7ClNO3S/c1-6(11)10-14(12,13)8-4-2-7(9)3-5-8/h2-5H,1H2,(H,10,11). The van der Waals surface area contributed by atoms with Crippen molar-refractivity contribution in [3.63, 3.8) is 0 Å². The molecule has 0 aliphatic heterocycles. The molecule has 0 fully saturated rings. The number of hydrogen-bond acceptors (Lipinski definition) is 3. The Balaban J connectivity index is 3.05. The van der Waals surface area contributed by atoms with Crippen molar-refractivity contribution in [3.8, 4) is 0 Å². The SMILES string of the molecule is [CH2]C(=O)NS(=O)(=O)c1ccc(Cl)cc1. The Labute approximate surface area is 86.9 Å². The molecule has 14 heavy (non-hydrogen) atoms. The molecule has 0 aliphatic carbocycles. The number of nitrogens with one attached hydrogen (secondary N) is 1. The van der Waals surface area contributed by atoms with E-state index in [4.69, 9.17) is 11.6 Å². The van der Waals surface area contributed by atoms with Gasteiger partial charge in [-0.05, 0) is 24.3 Å². The van der Waals surface area contributed by atoms with Crippen molar-refractivity contribution in [3.05, 3.63) is 36.2 Å². The van der Waals surface area contributed by atoms with E-state index in [1.165, 1.54) is 24.3 Å². The van der Waals surface area contributed by atoms with Gasteiger partial charge in [-0.3, -0.25) is 4.79 Å². The van der Waals surface area contributed by atoms with Gasteiger partial charge >= 0.3 is 0 Å². The molecule has 0 heterocycles. The largest absolute Gasteiger partial charge is 0.274 e. The van der Waals surface area contributed by atoms with Gasteiger partial charge in [-0.25, -0.2) is 13.1 Å². The molecular weight excluding hydrogens is 226 g/mol. The first-order chi connectivity index (χ1) is 6.42. The van der Waals surface area contributed by atoms with Crippen molar-refractivity contribution in [1.82, 2.24) is 4.72 Å². The van der Waals surface area contributed by atoms with Crippen LogP contribution in [0.3, 0.4) is 0 Å². The van der Waals surface area contributed by atoms with Gasteiger partial charge < -0.3 is 0 Å². The normalized spacial score (nSPS) is 11.0. The third kappa shape index (κ3) is 2.71. The van der Waals surface area contributed by atoms with E-state index in [1.807, 2.05) is 0 Å². The number of carbonyl (C=O) groups excluding carboxylic acids is 1. The Hall–Kier alpha value is -1.07. The van der Waals surface area contributed by atoms with E-state index in [0.717, 1.165) is 0 Å². The van der Waals surface area contributed by atoms with E-state index in [2.05, 4.69) is 6.92 Å². The third-order valence-electron chi connectivity index (χ3n) is 1.37. The average molecular weight is 233 g/mol. The van der Waals surface area contributed by atoms with Crippen molar-refractivity contribution < 1.29 is 13.2 Å². The lowest BCUT2D eigenvalue weighted by Gasteiger charge is -2.03. The van der Waals surface area contributed by atoms with Gasteiger partial charge in [-0.15, -0.1) is 0 Å². The van der Waals surface area contributed by atoms with Crippen molar-refractivity contribution in [1.29, 1.82) is 0 Å². The number of amides is 1. The van der Waals surface area contributed by atoms with Crippen LogP contribution in [0.5, 0.6) is 0 Å². The van der Waals surface area contributed by atoms with E-state index in [0.29, 0.717) is 5.02 Å². The predicted molar refractivity (Wildman–Crippen MR) is 52.1 cm³/mol. The lowest BCUT2D eigenvalue weighted by atomic mass is 10.4. The van der Waals surface area contributed by atoms with Crippen LogP contribution in [-0.4, -0.2) is 14.3 Å². The van der Waals surface area contributed by atoms with Crippen LogP contribution in [0.2, 0.25) is 5.02 Å². The van der Waals surface area contributed by atoms with Gasteiger partial charge in [0.2, 0.25) is 5.91 Å². The molecule has 1 radical (unpaired) electrons. The second-order valence-corrected chi connectivity index (χ2v) is 4.60. The van der Waals surface area contributed by atoms with Crippen LogP contribution in [-0.2, 0) is 14.8 Å². The number of carbonyl (C=O) groups is 1.